The molecular weight excluding hydrogens is 242 g/mol. The lowest BCUT2D eigenvalue weighted by Crippen LogP contribution is -1.95. The number of halogens is 1. The minimum absolute atomic E-state index is 0.274. The maximum absolute atomic E-state index is 9.78. The van der Waals surface area contributed by atoms with Crippen LogP contribution < -0.4 is 5.73 Å². The van der Waals surface area contributed by atoms with Gasteiger partial charge in [0.25, 0.3) is 0 Å². The Hall–Kier alpha value is -1.06. The molecule has 2 aromatic carbocycles. The molecule has 0 aromatic heterocycles. The maximum atomic E-state index is 9.78. The van der Waals surface area contributed by atoms with Gasteiger partial charge >= 0.3 is 0 Å². The number of benzene rings is 2. The number of phenols is 1. The van der Waals surface area contributed by atoms with Crippen LogP contribution in [0.2, 0.25) is 0 Å². The molecule has 0 unspecified atom stereocenters. The first-order valence-corrected chi connectivity index (χ1v) is 5.12. The zero-order chi connectivity index (χ0) is 10.1. The average molecular weight is 252 g/mol. The van der Waals surface area contributed by atoms with E-state index in [0.717, 1.165) is 20.8 Å². The summed E-state index contributed by atoms with van der Waals surface area (Å²) < 4.78 is 0.899. The fraction of sp³-hybridized carbons (Fsp3) is 0.0909. The van der Waals surface area contributed by atoms with E-state index in [9.17, 15) is 5.11 Å². The second-order valence-electron chi connectivity index (χ2n) is 3.16. The van der Waals surface area contributed by atoms with Crippen LogP contribution in [0.5, 0.6) is 5.75 Å². The SMILES string of the molecule is NCc1cc(O)c2c(Br)cccc2c1. The summed E-state index contributed by atoms with van der Waals surface area (Å²) >= 11 is 3.40. The second kappa shape index (κ2) is 3.59. The molecule has 0 heterocycles. The number of hydrogen-bond acceptors (Lipinski definition) is 2. The highest BCUT2D eigenvalue weighted by molar-refractivity contribution is 9.10. The predicted octanol–water partition coefficient (Wildman–Crippen LogP) is 2.77. The molecule has 2 nitrogen and oxygen atoms in total. The van der Waals surface area contributed by atoms with Crippen molar-refractivity contribution in [2.24, 2.45) is 5.73 Å². The van der Waals surface area contributed by atoms with Gasteiger partial charge in [-0.05, 0) is 29.1 Å². The van der Waals surface area contributed by atoms with Gasteiger partial charge in [0.15, 0.2) is 0 Å². The topological polar surface area (TPSA) is 46.2 Å². The Bertz CT molecular complexity index is 482. The highest BCUT2D eigenvalue weighted by atomic mass is 79.9. The summed E-state index contributed by atoms with van der Waals surface area (Å²) in [5, 5.41) is 11.6. The normalized spacial score (nSPS) is 10.7. The van der Waals surface area contributed by atoms with Crippen molar-refractivity contribution in [1.82, 2.24) is 0 Å². The lowest BCUT2D eigenvalue weighted by Gasteiger charge is -2.05. The molecule has 0 amide bonds. The third kappa shape index (κ3) is 1.49. The van der Waals surface area contributed by atoms with Crippen LogP contribution in [0.3, 0.4) is 0 Å². The Kier molecular flexibility index (Phi) is 2.44. The average Bonchev–Trinajstić information content (AvgIpc) is 2.17. The van der Waals surface area contributed by atoms with Crippen molar-refractivity contribution in [1.29, 1.82) is 0 Å². The summed E-state index contributed by atoms with van der Waals surface area (Å²) in [4.78, 5) is 0. The summed E-state index contributed by atoms with van der Waals surface area (Å²) in [6.45, 7) is 0.440. The van der Waals surface area contributed by atoms with E-state index in [2.05, 4.69) is 15.9 Å². The Morgan fingerprint density at radius 3 is 2.79 bits per heavy atom. The van der Waals surface area contributed by atoms with Gasteiger partial charge in [-0.1, -0.05) is 28.1 Å². The fourth-order valence-corrected chi connectivity index (χ4v) is 2.12. The van der Waals surface area contributed by atoms with E-state index in [4.69, 9.17) is 5.73 Å². The van der Waals surface area contributed by atoms with Crippen LogP contribution in [0.4, 0.5) is 0 Å². The molecule has 0 aliphatic rings. The van der Waals surface area contributed by atoms with Gasteiger partial charge in [0.1, 0.15) is 5.75 Å². The molecule has 0 saturated carbocycles. The molecule has 2 aromatic rings. The molecule has 0 radical (unpaired) electrons. The number of aromatic hydroxyl groups is 1. The molecule has 2 rings (SSSR count). The van der Waals surface area contributed by atoms with Crippen LogP contribution >= 0.6 is 15.9 Å². The summed E-state index contributed by atoms with van der Waals surface area (Å²) in [5.41, 5.74) is 6.46. The largest absolute Gasteiger partial charge is 0.507 e. The maximum Gasteiger partial charge on any atom is 0.124 e. The van der Waals surface area contributed by atoms with Gasteiger partial charge in [-0.2, -0.15) is 0 Å². The van der Waals surface area contributed by atoms with Gasteiger partial charge in [0, 0.05) is 16.4 Å². The van der Waals surface area contributed by atoms with Crippen LogP contribution in [-0.2, 0) is 6.54 Å². The zero-order valence-corrected chi connectivity index (χ0v) is 9.08. The van der Waals surface area contributed by atoms with E-state index in [1.54, 1.807) is 6.07 Å². The molecule has 0 aliphatic heterocycles. The minimum atomic E-state index is 0.274. The summed E-state index contributed by atoms with van der Waals surface area (Å²) in [7, 11) is 0. The Labute approximate surface area is 90.5 Å². The standard InChI is InChI=1S/C11H10BrNO/c12-9-3-1-2-8-4-7(6-13)5-10(14)11(8)9/h1-5,14H,6,13H2. The van der Waals surface area contributed by atoms with Crippen LogP contribution in [0.15, 0.2) is 34.8 Å². The van der Waals surface area contributed by atoms with E-state index >= 15 is 0 Å². The number of hydrogen-bond donors (Lipinski definition) is 2. The molecule has 0 saturated heterocycles. The Balaban J connectivity index is 2.83. The first-order valence-electron chi connectivity index (χ1n) is 4.32. The van der Waals surface area contributed by atoms with Crippen molar-refractivity contribution >= 4 is 26.7 Å². The third-order valence-corrected chi connectivity index (χ3v) is 2.86. The van der Waals surface area contributed by atoms with Gasteiger partial charge in [-0.25, -0.2) is 0 Å². The number of nitrogens with two attached hydrogens (primary N) is 1. The molecule has 0 aliphatic carbocycles. The van der Waals surface area contributed by atoms with Gasteiger partial charge < -0.3 is 10.8 Å². The van der Waals surface area contributed by atoms with Gasteiger partial charge in [-0.15, -0.1) is 0 Å². The van der Waals surface area contributed by atoms with Crippen LogP contribution in [0, 0.1) is 0 Å². The van der Waals surface area contributed by atoms with Crippen molar-refractivity contribution in [3.63, 3.8) is 0 Å². The minimum Gasteiger partial charge on any atom is -0.507 e. The van der Waals surface area contributed by atoms with E-state index in [-0.39, 0.29) is 5.75 Å². The monoisotopic (exact) mass is 251 g/mol. The molecule has 3 N–H and O–H groups in total. The molecule has 0 atom stereocenters. The van der Waals surface area contributed by atoms with Crippen molar-refractivity contribution in [2.45, 2.75) is 6.54 Å². The molecule has 0 bridgehead atoms. The first kappa shape index (κ1) is 9.49. The Morgan fingerprint density at radius 2 is 2.07 bits per heavy atom. The van der Waals surface area contributed by atoms with Crippen molar-refractivity contribution < 1.29 is 5.11 Å². The number of rotatable bonds is 1. The molecule has 0 fully saturated rings. The fourth-order valence-electron chi connectivity index (χ4n) is 1.54. The summed E-state index contributed by atoms with van der Waals surface area (Å²) in [6.07, 6.45) is 0. The number of fused-ring (bicyclic) bond motifs is 1. The van der Waals surface area contributed by atoms with E-state index in [0.29, 0.717) is 6.54 Å². The molecule has 0 spiro atoms. The van der Waals surface area contributed by atoms with Crippen molar-refractivity contribution in [3.8, 4) is 5.75 Å². The molecular formula is C11H10BrNO. The molecule has 72 valence electrons. The Morgan fingerprint density at radius 1 is 1.29 bits per heavy atom. The second-order valence-corrected chi connectivity index (χ2v) is 4.01. The smallest absolute Gasteiger partial charge is 0.124 e. The van der Waals surface area contributed by atoms with E-state index in [1.807, 2.05) is 24.3 Å². The molecule has 3 heteroatoms. The van der Waals surface area contributed by atoms with E-state index in [1.165, 1.54) is 0 Å². The first-order chi connectivity index (χ1) is 6.72. The zero-order valence-electron chi connectivity index (χ0n) is 7.50. The third-order valence-electron chi connectivity index (χ3n) is 2.20. The van der Waals surface area contributed by atoms with Crippen LogP contribution in [0.1, 0.15) is 5.56 Å². The van der Waals surface area contributed by atoms with Crippen molar-refractivity contribution in [2.75, 3.05) is 0 Å². The van der Waals surface area contributed by atoms with Crippen molar-refractivity contribution in [3.05, 3.63) is 40.4 Å². The summed E-state index contributed by atoms with van der Waals surface area (Å²) in [5.74, 6) is 0.274. The van der Waals surface area contributed by atoms with Crippen LogP contribution in [0.25, 0.3) is 10.8 Å². The molecule has 14 heavy (non-hydrogen) atoms. The highest BCUT2D eigenvalue weighted by Gasteiger charge is 2.05. The van der Waals surface area contributed by atoms with Crippen LogP contribution in [-0.4, -0.2) is 5.11 Å². The number of phenolic OH excluding ortho intramolecular Hbond substituents is 1. The van der Waals surface area contributed by atoms with Gasteiger partial charge in [0.05, 0.1) is 0 Å². The van der Waals surface area contributed by atoms with E-state index < -0.39 is 0 Å². The lowest BCUT2D eigenvalue weighted by atomic mass is 10.1. The lowest BCUT2D eigenvalue weighted by molar-refractivity contribution is 0.481. The van der Waals surface area contributed by atoms with Gasteiger partial charge in [0.2, 0.25) is 0 Å². The highest BCUT2D eigenvalue weighted by Crippen LogP contribution is 2.32. The quantitative estimate of drug-likeness (QED) is 0.819. The summed E-state index contributed by atoms with van der Waals surface area (Å²) in [6, 6.07) is 9.49. The van der Waals surface area contributed by atoms with Gasteiger partial charge in [-0.3, -0.25) is 0 Å². The predicted molar refractivity (Wildman–Crippen MR) is 61.2 cm³/mol.